The molecule has 1 N–H and O–H groups in total. The minimum atomic E-state index is 0.689. The standard InChI is InChI=1S/C15H15N5/c1-2-16-13-11-14(20-10-6-9-17-20)19-15(18-13)12-7-4-3-5-8-12/h3-11H,2H2,1H3,(H,16,18,19). The molecule has 3 aromatic rings. The van der Waals surface area contributed by atoms with Crippen LogP contribution in [-0.2, 0) is 0 Å². The van der Waals surface area contributed by atoms with Crippen LogP contribution < -0.4 is 5.32 Å². The molecule has 0 atom stereocenters. The van der Waals surface area contributed by atoms with Gasteiger partial charge in [-0.3, -0.25) is 0 Å². The van der Waals surface area contributed by atoms with Crippen LogP contribution in [0.15, 0.2) is 54.9 Å². The van der Waals surface area contributed by atoms with Crippen molar-refractivity contribution < 1.29 is 0 Å². The maximum atomic E-state index is 4.58. The molecule has 0 amide bonds. The Morgan fingerprint density at radius 2 is 1.95 bits per heavy atom. The molecule has 2 aromatic heterocycles. The van der Waals surface area contributed by atoms with Gasteiger partial charge in [-0.05, 0) is 13.0 Å². The highest BCUT2D eigenvalue weighted by atomic mass is 15.3. The maximum absolute atomic E-state index is 4.58. The van der Waals surface area contributed by atoms with Crippen LogP contribution >= 0.6 is 0 Å². The summed E-state index contributed by atoms with van der Waals surface area (Å²) in [6.45, 7) is 2.85. The van der Waals surface area contributed by atoms with E-state index in [1.54, 1.807) is 10.9 Å². The van der Waals surface area contributed by atoms with Crippen LogP contribution in [0.3, 0.4) is 0 Å². The lowest BCUT2D eigenvalue weighted by Crippen LogP contribution is -2.06. The Morgan fingerprint density at radius 3 is 2.65 bits per heavy atom. The topological polar surface area (TPSA) is 55.6 Å². The Bertz CT molecular complexity index is 677. The fraction of sp³-hybridized carbons (Fsp3) is 0.133. The van der Waals surface area contributed by atoms with Crippen LogP contribution in [0.1, 0.15) is 6.92 Å². The number of nitrogens with zero attached hydrogens (tertiary/aromatic N) is 4. The van der Waals surface area contributed by atoms with Crippen LogP contribution in [0, 0.1) is 0 Å². The van der Waals surface area contributed by atoms with E-state index in [0.29, 0.717) is 5.82 Å². The van der Waals surface area contributed by atoms with Gasteiger partial charge in [-0.25, -0.2) is 14.6 Å². The lowest BCUT2D eigenvalue weighted by molar-refractivity contribution is 0.842. The number of rotatable bonds is 4. The Kier molecular flexibility index (Phi) is 3.41. The Hall–Kier alpha value is -2.69. The highest BCUT2D eigenvalue weighted by molar-refractivity contribution is 5.59. The van der Waals surface area contributed by atoms with Crippen LogP contribution in [0.4, 0.5) is 5.82 Å². The van der Waals surface area contributed by atoms with E-state index in [2.05, 4.69) is 20.4 Å². The molecule has 1 aromatic carbocycles. The van der Waals surface area contributed by atoms with Crippen molar-refractivity contribution in [2.24, 2.45) is 0 Å². The molecule has 5 nitrogen and oxygen atoms in total. The van der Waals surface area contributed by atoms with Gasteiger partial charge in [0, 0.05) is 30.6 Å². The molecular formula is C15H15N5. The second kappa shape index (κ2) is 5.52. The molecule has 20 heavy (non-hydrogen) atoms. The van der Waals surface area contributed by atoms with Gasteiger partial charge in [0.15, 0.2) is 11.6 Å². The van der Waals surface area contributed by atoms with Crippen molar-refractivity contribution in [2.45, 2.75) is 6.92 Å². The molecular weight excluding hydrogens is 250 g/mol. The van der Waals surface area contributed by atoms with Crippen molar-refractivity contribution in [3.8, 4) is 17.2 Å². The third-order valence-corrected chi connectivity index (χ3v) is 2.84. The third kappa shape index (κ3) is 2.51. The first-order valence-electron chi connectivity index (χ1n) is 6.55. The van der Waals surface area contributed by atoms with Gasteiger partial charge in [0.25, 0.3) is 0 Å². The van der Waals surface area contributed by atoms with Crippen LogP contribution in [0.5, 0.6) is 0 Å². The van der Waals surface area contributed by atoms with Crippen molar-refractivity contribution in [1.82, 2.24) is 19.7 Å². The molecule has 0 bridgehead atoms. The highest BCUT2D eigenvalue weighted by Crippen LogP contribution is 2.19. The first kappa shape index (κ1) is 12.3. The summed E-state index contributed by atoms with van der Waals surface area (Å²) in [6.07, 6.45) is 3.60. The van der Waals surface area contributed by atoms with Crippen molar-refractivity contribution in [3.63, 3.8) is 0 Å². The van der Waals surface area contributed by atoms with Crippen LogP contribution in [-0.4, -0.2) is 26.3 Å². The minimum Gasteiger partial charge on any atom is -0.370 e. The number of hydrogen-bond donors (Lipinski definition) is 1. The minimum absolute atomic E-state index is 0.689. The maximum Gasteiger partial charge on any atom is 0.163 e. The van der Waals surface area contributed by atoms with Crippen LogP contribution in [0.25, 0.3) is 17.2 Å². The van der Waals surface area contributed by atoms with Crippen LogP contribution in [0.2, 0.25) is 0 Å². The molecule has 5 heteroatoms. The predicted octanol–water partition coefficient (Wildman–Crippen LogP) is 2.76. The first-order chi connectivity index (χ1) is 9.86. The van der Waals surface area contributed by atoms with E-state index in [9.17, 15) is 0 Å². The Balaban J connectivity index is 2.10. The first-order valence-corrected chi connectivity index (χ1v) is 6.55. The number of nitrogens with one attached hydrogen (secondary N) is 1. The summed E-state index contributed by atoms with van der Waals surface area (Å²) in [5, 5.41) is 7.45. The summed E-state index contributed by atoms with van der Waals surface area (Å²) in [4.78, 5) is 9.12. The number of benzene rings is 1. The smallest absolute Gasteiger partial charge is 0.163 e. The van der Waals surface area contributed by atoms with E-state index < -0.39 is 0 Å². The second-order valence-corrected chi connectivity index (χ2v) is 4.28. The molecule has 0 fully saturated rings. The zero-order valence-electron chi connectivity index (χ0n) is 11.2. The summed E-state index contributed by atoms with van der Waals surface area (Å²) in [5.74, 6) is 2.24. The zero-order chi connectivity index (χ0) is 13.8. The molecule has 0 aliphatic heterocycles. The normalized spacial score (nSPS) is 10.4. The molecule has 2 heterocycles. The average molecular weight is 265 g/mol. The van der Waals surface area contributed by atoms with Crippen molar-refractivity contribution in [2.75, 3.05) is 11.9 Å². The lowest BCUT2D eigenvalue weighted by atomic mass is 10.2. The lowest BCUT2D eigenvalue weighted by Gasteiger charge is -2.09. The summed E-state index contributed by atoms with van der Waals surface area (Å²) in [5.41, 5.74) is 0.987. The van der Waals surface area contributed by atoms with Gasteiger partial charge in [-0.1, -0.05) is 30.3 Å². The fourth-order valence-electron chi connectivity index (χ4n) is 1.94. The van der Waals surface area contributed by atoms with Crippen molar-refractivity contribution in [1.29, 1.82) is 0 Å². The van der Waals surface area contributed by atoms with E-state index >= 15 is 0 Å². The molecule has 0 aliphatic carbocycles. The Labute approximate surface area is 117 Å². The molecule has 3 rings (SSSR count). The van der Waals surface area contributed by atoms with E-state index in [4.69, 9.17) is 0 Å². The van der Waals surface area contributed by atoms with Crippen molar-refractivity contribution in [3.05, 3.63) is 54.9 Å². The molecule has 0 saturated heterocycles. The molecule has 0 saturated carbocycles. The van der Waals surface area contributed by atoms with E-state index in [1.165, 1.54) is 0 Å². The quantitative estimate of drug-likeness (QED) is 0.788. The predicted molar refractivity (Wildman–Crippen MR) is 78.8 cm³/mol. The number of aromatic nitrogens is 4. The van der Waals surface area contributed by atoms with Gasteiger partial charge in [-0.2, -0.15) is 5.10 Å². The summed E-state index contributed by atoms with van der Waals surface area (Å²) in [7, 11) is 0. The molecule has 0 aliphatic rings. The summed E-state index contributed by atoms with van der Waals surface area (Å²) in [6, 6.07) is 13.7. The highest BCUT2D eigenvalue weighted by Gasteiger charge is 2.07. The van der Waals surface area contributed by atoms with E-state index in [0.717, 1.165) is 23.7 Å². The largest absolute Gasteiger partial charge is 0.370 e. The summed E-state index contributed by atoms with van der Waals surface area (Å²) < 4.78 is 1.73. The summed E-state index contributed by atoms with van der Waals surface area (Å²) >= 11 is 0. The molecule has 0 unspecified atom stereocenters. The van der Waals surface area contributed by atoms with E-state index in [1.807, 2.05) is 55.6 Å². The van der Waals surface area contributed by atoms with Gasteiger partial charge in [0.2, 0.25) is 0 Å². The molecule has 100 valence electrons. The second-order valence-electron chi connectivity index (χ2n) is 4.28. The number of anilines is 1. The molecule has 0 radical (unpaired) electrons. The zero-order valence-corrected chi connectivity index (χ0v) is 11.2. The SMILES string of the molecule is CCNc1cc(-n2cccn2)nc(-c2ccccc2)n1. The van der Waals surface area contributed by atoms with Gasteiger partial charge in [-0.15, -0.1) is 0 Å². The van der Waals surface area contributed by atoms with Gasteiger partial charge in [0.05, 0.1) is 0 Å². The molecule has 0 spiro atoms. The third-order valence-electron chi connectivity index (χ3n) is 2.84. The monoisotopic (exact) mass is 265 g/mol. The average Bonchev–Trinajstić information content (AvgIpc) is 3.02. The van der Waals surface area contributed by atoms with Crippen molar-refractivity contribution >= 4 is 5.82 Å². The van der Waals surface area contributed by atoms with Gasteiger partial charge < -0.3 is 5.32 Å². The van der Waals surface area contributed by atoms with E-state index in [-0.39, 0.29) is 0 Å². The van der Waals surface area contributed by atoms with Gasteiger partial charge in [0.1, 0.15) is 5.82 Å². The Morgan fingerprint density at radius 1 is 1.10 bits per heavy atom. The number of hydrogen-bond acceptors (Lipinski definition) is 4. The fourth-order valence-corrected chi connectivity index (χ4v) is 1.94. The van der Waals surface area contributed by atoms with Gasteiger partial charge >= 0.3 is 0 Å².